The van der Waals surface area contributed by atoms with Gasteiger partial charge < -0.3 is 9.47 Å². The van der Waals surface area contributed by atoms with Gasteiger partial charge in [0.25, 0.3) is 0 Å². The highest BCUT2D eigenvalue weighted by Crippen LogP contribution is 2.28. The molecule has 0 bridgehead atoms. The molecule has 3 aromatic rings. The number of thioether (sulfide) groups is 1. The average Bonchev–Trinajstić information content (AvgIpc) is 2.94. The highest BCUT2D eigenvalue weighted by molar-refractivity contribution is 7.99. The maximum atomic E-state index is 5.39. The topological polar surface area (TPSA) is 48.7 Å². The Balaban J connectivity index is 2.08. The van der Waals surface area contributed by atoms with Crippen molar-refractivity contribution in [1.82, 2.24) is 14.6 Å². The summed E-state index contributed by atoms with van der Waals surface area (Å²) >= 11 is 1.65. The summed E-state index contributed by atoms with van der Waals surface area (Å²) in [6.45, 7) is 5.54. The third-order valence-electron chi connectivity index (χ3n) is 3.54. The van der Waals surface area contributed by atoms with Gasteiger partial charge in [-0.2, -0.15) is 0 Å². The quantitative estimate of drug-likeness (QED) is 0.515. The minimum absolute atomic E-state index is 0.712. The normalized spacial score (nSPS) is 11.4. The molecule has 0 aliphatic heterocycles. The van der Waals surface area contributed by atoms with E-state index in [-0.39, 0.29) is 0 Å². The zero-order valence-corrected chi connectivity index (χ0v) is 13.8. The number of ether oxygens (including phenoxy) is 2. The number of benzene rings is 1. The lowest BCUT2D eigenvalue weighted by Gasteiger charge is -2.09. The predicted molar refractivity (Wildman–Crippen MR) is 89.0 cm³/mol. The lowest BCUT2D eigenvalue weighted by Crippen LogP contribution is -1.98. The Hall–Kier alpha value is -1.79. The molecule has 1 aromatic carbocycles. The number of pyridine rings is 1. The van der Waals surface area contributed by atoms with Gasteiger partial charge in [0, 0.05) is 23.8 Å². The van der Waals surface area contributed by atoms with Gasteiger partial charge in [0.1, 0.15) is 5.75 Å². The van der Waals surface area contributed by atoms with Gasteiger partial charge in [-0.1, -0.05) is 11.8 Å². The van der Waals surface area contributed by atoms with Crippen LogP contribution in [0.5, 0.6) is 5.75 Å². The number of methoxy groups -OCH3 is 1. The maximum absolute atomic E-state index is 5.39. The van der Waals surface area contributed by atoms with Crippen LogP contribution in [-0.2, 0) is 4.74 Å². The summed E-state index contributed by atoms with van der Waals surface area (Å²) in [5.41, 5.74) is 3.11. The van der Waals surface area contributed by atoms with Crippen molar-refractivity contribution in [3.8, 4) is 5.75 Å². The molecular formula is C16H19N3O2S. The van der Waals surface area contributed by atoms with Crippen LogP contribution in [0.2, 0.25) is 0 Å². The monoisotopic (exact) mass is 317 g/mol. The highest BCUT2D eigenvalue weighted by Gasteiger charge is 2.12. The van der Waals surface area contributed by atoms with Crippen LogP contribution >= 0.6 is 11.8 Å². The number of nitrogens with zero attached hydrogens (tertiary/aromatic N) is 3. The van der Waals surface area contributed by atoms with E-state index in [1.165, 1.54) is 10.9 Å². The molecule has 6 heteroatoms. The van der Waals surface area contributed by atoms with Crippen molar-refractivity contribution >= 4 is 28.3 Å². The van der Waals surface area contributed by atoms with Crippen molar-refractivity contribution in [2.45, 2.75) is 19.0 Å². The third kappa shape index (κ3) is 2.76. The van der Waals surface area contributed by atoms with E-state index in [1.54, 1.807) is 18.9 Å². The van der Waals surface area contributed by atoms with Crippen molar-refractivity contribution in [3.63, 3.8) is 0 Å². The molecule has 0 saturated heterocycles. The minimum Gasteiger partial charge on any atom is -0.497 e. The summed E-state index contributed by atoms with van der Waals surface area (Å²) < 4.78 is 12.8. The highest BCUT2D eigenvalue weighted by atomic mass is 32.2. The number of aromatic nitrogens is 3. The molecule has 0 atom stereocenters. The second-order valence-corrected chi connectivity index (χ2v) is 5.99. The first-order valence-electron chi connectivity index (χ1n) is 7.27. The van der Waals surface area contributed by atoms with Crippen LogP contribution in [0.3, 0.4) is 0 Å². The fourth-order valence-corrected chi connectivity index (χ4v) is 3.26. The van der Waals surface area contributed by atoms with E-state index in [2.05, 4.69) is 33.7 Å². The first-order chi connectivity index (χ1) is 10.7. The van der Waals surface area contributed by atoms with Gasteiger partial charge in [0.2, 0.25) is 0 Å². The Morgan fingerprint density at radius 1 is 1.23 bits per heavy atom. The molecule has 0 amide bonds. The molecule has 2 heterocycles. The van der Waals surface area contributed by atoms with Gasteiger partial charge >= 0.3 is 0 Å². The Kier molecular flexibility index (Phi) is 4.49. The second-order valence-electron chi connectivity index (χ2n) is 4.93. The summed E-state index contributed by atoms with van der Waals surface area (Å²) in [6.07, 6.45) is 0. The van der Waals surface area contributed by atoms with Crippen molar-refractivity contribution in [1.29, 1.82) is 0 Å². The van der Waals surface area contributed by atoms with Crippen LogP contribution in [0.4, 0.5) is 0 Å². The number of fused-ring (bicyclic) bond motifs is 3. The van der Waals surface area contributed by atoms with Crippen LogP contribution in [0.25, 0.3) is 16.6 Å². The number of rotatable bonds is 6. The summed E-state index contributed by atoms with van der Waals surface area (Å²) in [5, 5.41) is 10.7. The van der Waals surface area contributed by atoms with Gasteiger partial charge in [-0.3, -0.25) is 4.40 Å². The molecule has 0 unspecified atom stereocenters. The first kappa shape index (κ1) is 15.1. The van der Waals surface area contributed by atoms with E-state index in [1.807, 2.05) is 19.1 Å². The lowest BCUT2D eigenvalue weighted by molar-refractivity contribution is 0.164. The van der Waals surface area contributed by atoms with Gasteiger partial charge in [0.05, 0.1) is 19.2 Å². The molecule has 0 spiro atoms. The number of aryl methyl sites for hydroxylation is 1. The molecule has 0 saturated carbocycles. The fourth-order valence-electron chi connectivity index (χ4n) is 2.46. The predicted octanol–water partition coefficient (Wildman–Crippen LogP) is 3.33. The van der Waals surface area contributed by atoms with Gasteiger partial charge in [-0.25, -0.2) is 0 Å². The fraction of sp³-hybridized carbons (Fsp3) is 0.375. The molecule has 0 fully saturated rings. The van der Waals surface area contributed by atoms with Crippen molar-refractivity contribution in [2.24, 2.45) is 0 Å². The molecule has 0 aliphatic carbocycles. The van der Waals surface area contributed by atoms with Crippen LogP contribution in [-0.4, -0.2) is 40.7 Å². The van der Waals surface area contributed by atoms with Crippen molar-refractivity contribution in [3.05, 3.63) is 29.8 Å². The molecule has 0 radical (unpaired) electrons. The van der Waals surface area contributed by atoms with Crippen LogP contribution in [0, 0.1) is 6.92 Å². The molecular weight excluding hydrogens is 298 g/mol. The zero-order valence-electron chi connectivity index (χ0n) is 13.0. The summed E-state index contributed by atoms with van der Waals surface area (Å²) in [4.78, 5) is 0. The van der Waals surface area contributed by atoms with E-state index in [4.69, 9.17) is 9.47 Å². The lowest BCUT2D eigenvalue weighted by atomic mass is 10.1. The average molecular weight is 317 g/mol. The smallest absolute Gasteiger partial charge is 0.196 e. The van der Waals surface area contributed by atoms with Gasteiger partial charge in [0.15, 0.2) is 10.8 Å². The van der Waals surface area contributed by atoms with E-state index in [0.29, 0.717) is 6.61 Å². The standard InChI is InChI=1S/C16H19N3O2S/c1-4-21-7-8-22-16-18-17-15-9-11(2)13-6-5-12(20-3)10-14(13)19(15)16/h5-6,9-10H,4,7-8H2,1-3H3. The summed E-state index contributed by atoms with van der Waals surface area (Å²) in [5.74, 6) is 1.69. The Morgan fingerprint density at radius 2 is 2.09 bits per heavy atom. The van der Waals surface area contributed by atoms with Crippen LogP contribution in [0.15, 0.2) is 29.4 Å². The van der Waals surface area contributed by atoms with E-state index in [9.17, 15) is 0 Å². The second kappa shape index (κ2) is 6.54. The molecule has 0 N–H and O–H groups in total. The Labute approximate surface area is 133 Å². The third-order valence-corrected chi connectivity index (χ3v) is 4.43. The minimum atomic E-state index is 0.712. The molecule has 2 aromatic heterocycles. The Bertz CT molecular complexity index is 801. The number of hydrogen-bond acceptors (Lipinski definition) is 5. The molecule has 116 valence electrons. The van der Waals surface area contributed by atoms with Crippen LogP contribution < -0.4 is 4.74 Å². The van der Waals surface area contributed by atoms with E-state index >= 15 is 0 Å². The SMILES string of the molecule is CCOCCSc1nnc2cc(C)c3ccc(OC)cc3n12. The molecule has 22 heavy (non-hydrogen) atoms. The maximum Gasteiger partial charge on any atom is 0.196 e. The molecule has 3 rings (SSSR count). The number of hydrogen-bond donors (Lipinski definition) is 0. The van der Waals surface area contributed by atoms with E-state index in [0.717, 1.165) is 34.4 Å². The van der Waals surface area contributed by atoms with Gasteiger partial charge in [-0.05, 0) is 37.6 Å². The van der Waals surface area contributed by atoms with Gasteiger partial charge in [-0.15, -0.1) is 10.2 Å². The van der Waals surface area contributed by atoms with Crippen LogP contribution in [0.1, 0.15) is 12.5 Å². The Morgan fingerprint density at radius 3 is 2.86 bits per heavy atom. The van der Waals surface area contributed by atoms with Crippen molar-refractivity contribution < 1.29 is 9.47 Å². The summed E-state index contributed by atoms with van der Waals surface area (Å²) in [7, 11) is 1.68. The first-order valence-corrected chi connectivity index (χ1v) is 8.26. The van der Waals surface area contributed by atoms with E-state index < -0.39 is 0 Å². The molecule has 5 nitrogen and oxygen atoms in total. The zero-order chi connectivity index (χ0) is 15.5. The summed E-state index contributed by atoms with van der Waals surface area (Å²) in [6, 6.07) is 8.16. The van der Waals surface area contributed by atoms with Crippen molar-refractivity contribution in [2.75, 3.05) is 26.1 Å². The molecule has 0 aliphatic rings. The largest absolute Gasteiger partial charge is 0.497 e.